The van der Waals surface area contributed by atoms with Gasteiger partial charge < -0.3 is 25.7 Å². The van der Waals surface area contributed by atoms with Crippen LogP contribution in [-0.2, 0) is 0 Å². The van der Waals surface area contributed by atoms with E-state index in [0.717, 1.165) is 5.75 Å². The predicted octanol–water partition coefficient (Wildman–Crippen LogP) is 0.624. The van der Waals surface area contributed by atoms with Crippen molar-refractivity contribution in [2.75, 3.05) is 30.9 Å². The minimum absolute atomic E-state index is 0.0686. The summed E-state index contributed by atoms with van der Waals surface area (Å²) in [4.78, 5) is 12.0. The fraction of sp³-hybridized carbons (Fsp3) is 0.462. The Morgan fingerprint density at radius 3 is 2.30 bits per heavy atom. The van der Waals surface area contributed by atoms with E-state index in [2.05, 4.69) is 5.32 Å². The molecule has 0 saturated heterocycles. The van der Waals surface area contributed by atoms with Crippen molar-refractivity contribution in [3.8, 4) is 0 Å². The van der Waals surface area contributed by atoms with Gasteiger partial charge in [-0.1, -0.05) is 13.0 Å². The van der Waals surface area contributed by atoms with Crippen molar-refractivity contribution in [2.24, 2.45) is 0 Å². The SMILES string of the molecule is CCSc1cccc(NC(CO)(CO)CO)c1C(=O)O. The Morgan fingerprint density at radius 2 is 1.85 bits per heavy atom. The topological polar surface area (TPSA) is 110 Å². The molecule has 0 saturated carbocycles. The molecule has 0 aliphatic rings. The first-order valence-corrected chi connectivity index (χ1v) is 7.12. The standard InChI is InChI=1S/C13H19NO5S/c1-2-20-10-5-3-4-9(11(10)12(18)19)14-13(6-15,7-16)8-17/h3-5,14-17H,2,6-8H2,1H3,(H,18,19). The number of hydrogen-bond acceptors (Lipinski definition) is 6. The van der Waals surface area contributed by atoms with E-state index >= 15 is 0 Å². The van der Waals surface area contributed by atoms with Gasteiger partial charge in [0.05, 0.1) is 31.1 Å². The molecule has 0 bridgehead atoms. The lowest BCUT2D eigenvalue weighted by Gasteiger charge is -2.30. The molecular weight excluding hydrogens is 282 g/mol. The Labute approximate surface area is 121 Å². The minimum Gasteiger partial charge on any atom is -0.478 e. The maximum Gasteiger partial charge on any atom is 0.338 e. The second kappa shape index (κ2) is 7.49. The molecule has 0 fully saturated rings. The number of carboxylic acid groups (broad SMARTS) is 1. The number of aliphatic hydroxyl groups is 3. The fourth-order valence-corrected chi connectivity index (χ4v) is 2.51. The first-order valence-electron chi connectivity index (χ1n) is 6.13. The summed E-state index contributed by atoms with van der Waals surface area (Å²) in [5, 5.41) is 40.0. The van der Waals surface area contributed by atoms with Gasteiger partial charge in [0.2, 0.25) is 0 Å². The number of rotatable bonds is 8. The van der Waals surface area contributed by atoms with Crippen molar-refractivity contribution in [2.45, 2.75) is 17.4 Å². The van der Waals surface area contributed by atoms with E-state index in [-0.39, 0.29) is 11.3 Å². The van der Waals surface area contributed by atoms with Crippen molar-refractivity contribution in [1.82, 2.24) is 0 Å². The van der Waals surface area contributed by atoms with Gasteiger partial charge in [0.1, 0.15) is 5.54 Å². The quantitative estimate of drug-likeness (QED) is 0.448. The van der Waals surface area contributed by atoms with E-state index in [1.807, 2.05) is 6.92 Å². The molecule has 0 unspecified atom stereocenters. The Kier molecular flexibility index (Phi) is 6.28. The summed E-state index contributed by atoms with van der Waals surface area (Å²) in [5.74, 6) is -0.388. The van der Waals surface area contributed by atoms with E-state index < -0.39 is 31.3 Å². The van der Waals surface area contributed by atoms with Gasteiger partial charge in [0.25, 0.3) is 0 Å². The van der Waals surface area contributed by atoms with Gasteiger partial charge in [0.15, 0.2) is 0 Å². The maximum absolute atomic E-state index is 11.4. The van der Waals surface area contributed by atoms with Crippen molar-refractivity contribution in [3.63, 3.8) is 0 Å². The highest BCUT2D eigenvalue weighted by atomic mass is 32.2. The molecule has 0 radical (unpaired) electrons. The second-order valence-electron chi connectivity index (χ2n) is 4.30. The highest BCUT2D eigenvalue weighted by Crippen LogP contribution is 2.30. The predicted molar refractivity (Wildman–Crippen MR) is 77.4 cm³/mol. The molecule has 0 atom stereocenters. The first kappa shape index (κ1) is 16.8. The van der Waals surface area contributed by atoms with Crippen LogP contribution in [0.3, 0.4) is 0 Å². The van der Waals surface area contributed by atoms with Crippen LogP contribution in [0, 0.1) is 0 Å². The average molecular weight is 301 g/mol. The largest absolute Gasteiger partial charge is 0.478 e. The highest BCUT2D eigenvalue weighted by Gasteiger charge is 2.30. The normalized spacial score (nSPS) is 11.4. The highest BCUT2D eigenvalue weighted by molar-refractivity contribution is 7.99. The first-order chi connectivity index (χ1) is 9.53. The average Bonchev–Trinajstić information content (AvgIpc) is 2.45. The van der Waals surface area contributed by atoms with Crippen LogP contribution in [0.1, 0.15) is 17.3 Å². The summed E-state index contributed by atoms with van der Waals surface area (Å²) < 4.78 is 0. The molecule has 20 heavy (non-hydrogen) atoms. The Hall–Kier alpha value is -1.28. The van der Waals surface area contributed by atoms with Crippen LogP contribution in [0.2, 0.25) is 0 Å². The van der Waals surface area contributed by atoms with E-state index in [0.29, 0.717) is 4.90 Å². The number of carbonyl (C=O) groups is 1. The van der Waals surface area contributed by atoms with Crippen LogP contribution in [-0.4, -0.2) is 57.5 Å². The lowest BCUT2D eigenvalue weighted by Crippen LogP contribution is -2.49. The number of aliphatic hydroxyl groups excluding tert-OH is 3. The van der Waals surface area contributed by atoms with Crippen LogP contribution in [0.4, 0.5) is 5.69 Å². The van der Waals surface area contributed by atoms with E-state index in [1.54, 1.807) is 18.2 Å². The second-order valence-corrected chi connectivity index (χ2v) is 5.60. The third-order valence-corrected chi connectivity index (χ3v) is 3.79. The number of anilines is 1. The number of hydrogen-bond donors (Lipinski definition) is 5. The summed E-state index contributed by atoms with van der Waals surface area (Å²) in [6.07, 6.45) is 0. The summed E-state index contributed by atoms with van der Waals surface area (Å²) in [7, 11) is 0. The number of thioether (sulfide) groups is 1. The minimum atomic E-state index is -1.36. The molecule has 6 nitrogen and oxygen atoms in total. The smallest absolute Gasteiger partial charge is 0.338 e. The number of benzene rings is 1. The molecule has 0 heterocycles. The zero-order valence-electron chi connectivity index (χ0n) is 11.2. The number of aromatic carboxylic acids is 1. The van der Waals surface area contributed by atoms with Gasteiger partial charge >= 0.3 is 5.97 Å². The Bertz CT molecular complexity index is 454. The monoisotopic (exact) mass is 301 g/mol. The van der Waals surface area contributed by atoms with Gasteiger partial charge in [-0.3, -0.25) is 0 Å². The fourth-order valence-electron chi connectivity index (χ4n) is 1.69. The van der Waals surface area contributed by atoms with Crippen LogP contribution in [0.15, 0.2) is 23.1 Å². The molecule has 0 aliphatic heterocycles. The molecule has 0 aliphatic carbocycles. The molecule has 1 aromatic rings. The van der Waals surface area contributed by atoms with Crippen LogP contribution in [0.25, 0.3) is 0 Å². The van der Waals surface area contributed by atoms with Gasteiger partial charge in [-0.2, -0.15) is 0 Å². The van der Waals surface area contributed by atoms with Crippen LogP contribution >= 0.6 is 11.8 Å². The van der Waals surface area contributed by atoms with E-state index in [9.17, 15) is 25.2 Å². The summed E-state index contributed by atoms with van der Waals surface area (Å²) in [6.45, 7) is 0.342. The lowest BCUT2D eigenvalue weighted by atomic mass is 10.0. The number of carboxylic acids is 1. The summed E-state index contributed by atoms with van der Waals surface area (Å²) in [6, 6.07) is 4.92. The number of nitrogens with one attached hydrogen (secondary N) is 1. The summed E-state index contributed by atoms with van der Waals surface area (Å²) in [5.41, 5.74) is -1.04. The maximum atomic E-state index is 11.4. The molecule has 112 valence electrons. The third-order valence-electron chi connectivity index (χ3n) is 2.85. The van der Waals surface area contributed by atoms with Gasteiger partial charge in [-0.15, -0.1) is 11.8 Å². The molecule has 5 N–H and O–H groups in total. The van der Waals surface area contributed by atoms with Crippen molar-refractivity contribution >= 4 is 23.4 Å². The molecule has 0 spiro atoms. The third kappa shape index (κ3) is 3.63. The zero-order valence-corrected chi connectivity index (χ0v) is 12.0. The van der Waals surface area contributed by atoms with E-state index in [4.69, 9.17) is 0 Å². The van der Waals surface area contributed by atoms with E-state index in [1.165, 1.54) is 11.8 Å². The zero-order chi connectivity index (χ0) is 15.2. The summed E-state index contributed by atoms with van der Waals surface area (Å²) >= 11 is 1.38. The molecule has 0 amide bonds. The van der Waals surface area contributed by atoms with Gasteiger partial charge in [-0.25, -0.2) is 4.79 Å². The molecule has 7 heteroatoms. The Morgan fingerprint density at radius 1 is 1.25 bits per heavy atom. The molecular formula is C13H19NO5S. The van der Waals surface area contributed by atoms with Crippen LogP contribution in [0.5, 0.6) is 0 Å². The molecule has 0 aromatic heterocycles. The van der Waals surface area contributed by atoms with Gasteiger partial charge in [0, 0.05) is 4.90 Å². The van der Waals surface area contributed by atoms with Crippen LogP contribution < -0.4 is 5.32 Å². The Balaban J connectivity index is 3.23. The molecule has 1 rings (SSSR count). The molecule has 1 aromatic carbocycles. The lowest BCUT2D eigenvalue weighted by molar-refractivity contribution is 0.0688. The van der Waals surface area contributed by atoms with Crippen molar-refractivity contribution < 1.29 is 25.2 Å². The van der Waals surface area contributed by atoms with Gasteiger partial charge in [-0.05, 0) is 17.9 Å². The van der Waals surface area contributed by atoms with Crippen molar-refractivity contribution in [1.29, 1.82) is 0 Å². The van der Waals surface area contributed by atoms with Crippen molar-refractivity contribution in [3.05, 3.63) is 23.8 Å².